The average molecular weight is 561 g/mol. The lowest BCUT2D eigenvalue weighted by atomic mass is 10.0. The summed E-state index contributed by atoms with van der Waals surface area (Å²) in [4.78, 5) is 24.8. The number of hydrogen-bond acceptors (Lipinski definition) is 7. The van der Waals surface area contributed by atoms with Crippen LogP contribution in [0.3, 0.4) is 0 Å². The van der Waals surface area contributed by atoms with Gasteiger partial charge >= 0.3 is 11.7 Å². The molecule has 13 heteroatoms. The number of carbonyl (C=O) groups excluding carboxylic acids is 1. The second kappa shape index (κ2) is 9.07. The number of nitrogens with zero attached hydrogens (tertiary/aromatic N) is 6. The van der Waals surface area contributed by atoms with Gasteiger partial charge in [0.05, 0.1) is 24.1 Å². The molecule has 1 amide bonds. The first-order valence-electron chi connectivity index (χ1n) is 12.8. The van der Waals surface area contributed by atoms with Crippen molar-refractivity contribution in [3.05, 3.63) is 54.1 Å². The van der Waals surface area contributed by atoms with Crippen LogP contribution in [0.2, 0.25) is 0 Å². The number of H-pyrrole nitrogens is 1. The summed E-state index contributed by atoms with van der Waals surface area (Å²) in [5.74, 6) is -2.33. The Morgan fingerprint density at radius 2 is 1.90 bits per heavy atom. The molecule has 0 bridgehead atoms. The Morgan fingerprint density at radius 3 is 2.54 bits per heavy atom. The Balaban J connectivity index is 1.22. The summed E-state index contributed by atoms with van der Waals surface area (Å²) in [7, 11) is -0.0307. The molecule has 10 nitrogen and oxygen atoms in total. The molecule has 2 aromatic heterocycles. The molecule has 4 heterocycles. The Morgan fingerprint density at radius 1 is 1.18 bits per heavy atom. The number of carbonyl (C=O) groups is 1. The summed E-state index contributed by atoms with van der Waals surface area (Å²) in [5.41, 5.74) is 3.58. The van der Waals surface area contributed by atoms with Crippen molar-refractivity contribution in [3.63, 3.8) is 0 Å². The van der Waals surface area contributed by atoms with E-state index in [2.05, 4.69) is 9.88 Å². The molecule has 208 valence electrons. The van der Waals surface area contributed by atoms with E-state index >= 15 is 0 Å². The van der Waals surface area contributed by atoms with E-state index in [1.165, 1.54) is 8.61 Å². The van der Waals surface area contributed by atoms with Crippen molar-refractivity contribution in [2.24, 2.45) is 13.0 Å². The summed E-state index contributed by atoms with van der Waals surface area (Å²) in [6.07, 6.45) is 3.31. The van der Waals surface area contributed by atoms with Gasteiger partial charge in [0, 0.05) is 57.7 Å². The predicted octanol–water partition coefficient (Wildman–Crippen LogP) is 3.66. The number of hydrogen-bond donors (Lipinski definition) is 3. The summed E-state index contributed by atoms with van der Waals surface area (Å²) in [5, 5.41) is 0. The summed E-state index contributed by atoms with van der Waals surface area (Å²) in [6, 6.07) is 9.40. The van der Waals surface area contributed by atoms with Crippen LogP contribution in [0.1, 0.15) is 22.6 Å². The number of aromatic nitrogens is 3. The van der Waals surface area contributed by atoms with Crippen molar-refractivity contribution in [2.45, 2.75) is 19.3 Å². The lowest BCUT2D eigenvalue weighted by Crippen LogP contribution is -2.51. The summed E-state index contributed by atoms with van der Waals surface area (Å²) < 4.78 is 53.4. The zero-order chi connectivity index (χ0) is 27.7. The van der Waals surface area contributed by atoms with Gasteiger partial charge in [0.25, 0.3) is 5.92 Å². The number of piperazine rings is 1. The van der Waals surface area contributed by atoms with Crippen LogP contribution in [0.4, 0.5) is 26.0 Å². The monoisotopic (exact) mass is 560 g/mol. The smallest absolute Gasteiger partial charge is 0.345 e. The minimum Gasteiger partial charge on any atom is -0.353 e. The molecule has 1 aromatic carbocycles. The molecule has 1 aliphatic carbocycles. The third kappa shape index (κ3) is 4.38. The van der Waals surface area contributed by atoms with Crippen molar-refractivity contribution in [1.82, 2.24) is 14.9 Å². The summed E-state index contributed by atoms with van der Waals surface area (Å²) >= 11 is 0. The number of aromatic amines is 1. The maximum absolute atomic E-state index is 13.6. The van der Waals surface area contributed by atoms with Crippen LogP contribution in [0, 0.1) is 12.8 Å². The van der Waals surface area contributed by atoms with Gasteiger partial charge in [-0.15, -0.1) is 0 Å². The van der Waals surface area contributed by atoms with Gasteiger partial charge in [0.15, 0.2) is 0 Å². The first kappa shape index (κ1) is 25.8. The number of rotatable bonds is 5. The molecular weight excluding hydrogens is 528 g/mol. The fourth-order valence-electron chi connectivity index (χ4n) is 5.30. The number of imidazole rings is 1. The van der Waals surface area contributed by atoms with Gasteiger partial charge in [-0.3, -0.25) is 22.5 Å². The molecule has 2 aliphatic heterocycles. The third-order valence-corrected chi connectivity index (χ3v) is 9.78. The van der Waals surface area contributed by atoms with Crippen LogP contribution < -0.4 is 18.1 Å². The van der Waals surface area contributed by atoms with E-state index in [9.17, 15) is 22.7 Å². The molecule has 39 heavy (non-hydrogen) atoms. The number of halogens is 2. The molecular formula is C26H32F2N7O3S+. The summed E-state index contributed by atoms with van der Waals surface area (Å²) in [6.45, 7) is 4.27. The quantitative estimate of drug-likeness (QED) is 0.410. The number of alkyl halides is 2. The highest BCUT2D eigenvalue weighted by molar-refractivity contribution is 8.26. The molecule has 0 spiro atoms. The molecule has 3 N–H and O–H groups in total. The normalized spacial score (nSPS) is 22.2. The van der Waals surface area contributed by atoms with E-state index in [4.69, 9.17) is 4.98 Å². The topological polar surface area (TPSA) is 103 Å². The van der Waals surface area contributed by atoms with Crippen molar-refractivity contribution >= 4 is 34.1 Å². The molecule has 2 fully saturated rings. The van der Waals surface area contributed by atoms with E-state index in [-0.39, 0.29) is 18.9 Å². The van der Waals surface area contributed by atoms with Crippen LogP contribution >= 0.6 is 11.0 Å². The van der Waals surface area contributed by atoms with Crippen LogP contribution in [-0.2, 0) is 7.05 Å². The third-order valence-electron chi connectivity index (χ3n) is 7.91. The minimum atomic E-state index is -3.43. The largest absolute Gasteiger partial charge is 0.353 e. The van der Waals surface area contributed by atoms with Gasteiger partial charge in [-0.25, -0.2) is 23.3 Å². The van der Waals surface area contributed by atoms with Crippen molar-refractivity contribution in [1.29, 1.82) is 0 Å². The Hall–Kier alpha value is -3.42. The van der Waals surface area contributed by atoms with Gasteiger partial charge in [0.2, 0.25) is 0 Å². The van der Waals surface area contributed by atoms with E-state index in [1.54, 1.807) is 23.9 Å². The zero-order valence-corrected chi connectivity index (χ0v) is 22.8. The van der Waals surface area contributed by atoms with Crippen LogP contribution in [0.25, 0.3) is 11.3 Å². The highest BCUT2D eigenvalue weighted by Crippen LogP contribution is 2.63. The lowest BCUT2D eigenvalue weighted by Gasteiger charge is -2.42. The predicted molar refractivity (Wildman–Crippen MR) is 146 cm³/mol. The van der Waals surface area contributed by atoms with E-state index in [1.807, 2.05) is 49.3 Å². The van der Waals surface area contributed by atoms with Gasteiger partial charge < -0.3 is 9.80 Å². The van der Waals surface area contributed by atoms with Crippen molar-refractivity contribution in [2.75, 3.05) is 53.3 Å². The first-order valence-corrected chi connectivity index (χ1v) is 14.3. The molecule has 1 saturated carbocycles. The van der Waals surface area contributed by atoms with E-state index in [0.29, 0.717) is 43.4 Å². The molecule has 1 atom stereocenters. The second-order valence-electron chi connectivity index (χ2n) is 10.4. The number of fused-ring (bicyclic) bond motifs is 1. The van der Waals surface area contributed by atoms with Crippen LogP contribution in [-0.4, -0.2) is 75.6 Å². The van der Waals surface area contributed by atoms with Crippen LogP contribution in [0.5, 0.6) is 0 Å². The Labute approximate surface area is 227 Å². The van der Waals surface area contributed by atoms with Gasteiger partial charge in [-0.05, 0) is 41.6 Å². The Kier molecular flexibility index (Phi) is 6.01. The fourth-order valence-corrected chi connectivity index (χ4v) is 6.81. The van der Waals surface area contributed by atoms with Gasteiger partial charge in [-0.1, -0.05) is 12.1 Å². The number of aryl methyl sites for hydroxylation is 2. The van der Waals surface area contributed by atoms with E-state index in [0.717, 1.165) is 22.6 Å². The number of amides is 1. The maximum atomic E-state index is 13.6. The fraction of sp³-hybridized carbons (Fsp3) is 0.423. The molecule has 1 saturated heterocycles. The molecule has 0 radical (unpaired) electrons. The highest BCUT2D eigenvalue weighted by Gasteiger charge is 2.59. The lowest BCUT2D eigenvalue weighted by molar-refractivity contribution is -0.672. The van der Waals surface area contributed by atoms with Crippen LogP contribution in [0.15, 0.2) is 42.7 Å². The number of pyridine rings is 1. The maximum Gasteiger partial charge on any atom is 0.345 e. The Bertz CT molecular complexity index is 1440. The van der Waals surface area contributed by atoms with E-state index < -0.39 is 22.8 Å². The number of benzene rings is 1. The SMILES string of the molecule is Cc1ccc(N2CCN(C(=O)c3[nH]cc[n+]3C)CC2)nc1-c1ccc2c(c1)N(C)S(O)(O)N2CC1CC1(F)F. The van der Waals surface area contributed by atoms with Gasteiger partial charge in [-0.2, -0.15) is 0 Å². The minimum absolute atomic E-state index is 0.0348. The average Bonchev–Trinajstić information content (AvgIpc) is 3.21. The number of nitrogens with one attached hydrogen (secondary N) is 1. The highest BCUT2D eigenvalue weighted by atomic mass is 32.3. The first-order chi connectivity index (χ1) is 18.5. The zero-order valence-electron chi connectivity index (χ0n) is 22.0. The molecule has 3 aliphatic rings. The molecule has 6 rings (SSSR count). The second-order valence-corrected chi connectivity index (χ2v) is 12.4. The van der Waals surface area contributed by atoms with Crippen molar-refractivity contribution < 1.29 is 27.2 Å². The van der Waals surface area contributed by atoms with Gasteiger partial charge in [0.1, 0.15) is 18.2 Å². The molecule has 1 unspecified atom stereocenters. The molecule has 3 aromatic rings. The number of anilines is 3. The standard InChI is InChI=1S/C26H31F2N7O3S/c1-17-4-7-22(33-10-12-34(13-11-33)25(36)24-29-8-9-31(24)2)30-23(17)18-5-6-20-21(14-18)32(3)39(37,38)35(20)16-19-15-26(19,27)28/h4-9,14,19,37-38H,10-13,15-16H2,1-3H3/p+1. The van der Waals surface area contributed by atoms with Crippen molar-refractivity contribution in [3.8, 4) is 11.3 Å².